The fourth-order valence-electron chi connectivity index (χ4n) is 1.76. The predicted octanol–water partition coefficient (Wildman–Crippen LogP) is -0.550. The molecule has 1 aromatic heterocycles. The van der Waals surface area contributed by atoms with Gasteiger partial charge in [-0.25, -0.2) is 13.4 Å². The molecule has 1 aliphatic rings. The summed E-state index contributed by atoms with van der Waals surface area (Å²) in [5.41, 5.74) is 5.70. The normalized spacial score (nSPS) is 22.8. The summed E-state index contributed by atoms with van der Waals surface area (Å²) < 4.78 is 27.4. The van der Waals surface area contributed by atoms with Gasteiger partial charge in [0.05, 0.1) is 0 Å². The van der Waals surface area contributed by atoms with Crippen LogP contribution in [-0.2, 0) is 17.1 Å². The van der Waals surface area contributed by atoms with Crippen LogP contribution in [0.5, 0.6) is 0 Å². The molecule has 0 unspecified atom stereocenters. The van der Waals surface area contributed by atoms with Crippen LogP contribution in [0.1, 0.15) is 12.2 Å². The van der Waals surface area contributed by atoms with Crippen molar-refractivity contribution >= 4 is 10.0 Å². The lowest BCUT2D eigenvalue weighted by atomic mass is 10.3. The van der Waals surface area contributed by atoms with E-state index in [1.165, 1.54) is 10.5 Å². The Labute approximate surface area is 95.1 Å². The molecule has 0 amide bonds. The maximum atomic E-state index is 12.1. The number of hydrogen-bond donors (Lipinski definition) is 1. The Kier molecular flexibility index (Phi) is 2.77. The molecule has 0 radical (unpaired) electrons. The molecule has 0 bridgehead atoms. The van der Waals surface area contributed by atoms with Crippen molar-refractivity contribution in [1.29, 1.82) is 0 Å². The number of nitrogens with two attached hydrogens (primary N) is 1. The van der Waals surface area contributed by atoms with E-state index in [0.29, 0.717) is 25.3 Å². The Morgan fingerprint density at radius 1 is 1.56 bits per heavy atom. The highest BCUT2D eigenvalue weighted by atomic mass is 32.2. The molecule has 1 fully saturated rings. The summed E-state index contributed by atoms with van der Waals surface area (Å²) >= 11 is 0. The van der Waals surface area contributed by atoms with Crippen LogP contribution in [0.25, 0.3) is 0 Å². The van der Waals surface area contributed by atoms with Gasteiger partial charge in [0.1, 0.15) is 5.82 Å². The quantitative estimate of drug-likeness (QED) is 0.757. The van der Waals surface area contributed by atoms with E-state index in [1.807, 2.05) is 0 Å². The van der Waals surface area contributed by atoms with E-state index in [-0.39, 0.29) is 11.1 Å². The summed E-state index contributed by atoms with van der Waals surface area (Å²) in [6, 6.07) is -0.0559. The van der Waals surface area contributed by atoms with E-state index in [4.69, 9.17) is 5.73 Å². The van der Waals surface area contributed by atoms with E-state index in [9.17, 15) is 8.42 Å². The maximum absolute atomic E-state index is 12.1. The number of aromatic nitrogens is 2. The van der Waals surface area contributed by atoms with Crippen molar-refractivity contribution in [2.75, 3.05) is 13.1 Å². The van der Waals surface area contributed by atoms with Gasteiger partial charge in [0.2, 0.25) is 0 Å². The third-order valence-corrected chi connectivity index (χ3v) is 4.61. The molecule has 1 aliphatic heterocycles. The zero-order chi connectivity index (χ0) is 11.9. The van der Waals surface area contributed by atoms with E-state index in [2.05, 4.69) is 4.98 Å². The lowest BCUT2D eigenvalue weighted by Gasteiger charge is -2.13. The summed E-state index contributed by atoms with van der Waals surface area (Å²) in [6.45, 7) is 2.64. The first-order chi connectivity index (χ1) is 7.41. The molecule has 0 spiro atoms. The summed E-state index contributed by atoms with van der Waals surface area (Å²) in [7, 11) is -1.68. The highest BCUT2D eigenvalue weighted by Crippen LogP contribution is 2.19. The van der Waals surface area contributed by atoms with Gasteiger partial charge in [-0.1, -0.05) is 0 Å². The fraction of sp³-hybridized carbons (Fsp3) is 0.667. The molecule has 0 aliphatic carbocycles. The molecule has 1 atom stereocenters. The molecular formula is C9H16N4O2S. The van der Waals surface area contributed by atoms with Crippen LogP contribution < -0.4 is 5.73 Å². The van der Waals surface area contributed by atoms with Crippen LogP contribution in [0.2, 0.25) is 0 Å². The first-order valence-electron chi connectivity index (χ1n) is 5.17. The topological polar surface area (TPSA) is 81.2 Å². The molecule has 0 saturated carbocycles. The molecule has 1 saturated heterocycles. The van der Waals surface area contributed by atoms with Crippen molar-refractivity contribution in [2.24, 2.45) is 12.8 Å². The number of aryl methyl sites for hydroxylation is 2. The Balaban J connectivity index is 2.32. The maximum Gasteiger partial charge on any atom is 0.262 e. The Hall–Kier alpha value is -0.920. The molecular weight excluding hydrogens is 228 g/mol. The molecule has 0 aromatic carbocycles. The first kappa shape index (κ1) is 11.6. The molecule has 6 nitrogen and oxygen atoms in total. The monoisotopic (exact) mass is 244 g/mol. The minimum absolute atomic E-state index is 0.0559. The zero-order valence-electron chi connectivity index (χ0n) is 9.42. The predicted molar refractivity (Wildman–Crippen MR) is 59.3 cm³/mol. The lowest BCUT2D eigenvalue weighted by molar-refractivity contribution is 0.470. The van der Waals surface area contributed by atoms with Crippen LogP contribution in [-0.4, -0.2) is 41.4 Å². The Morgan fingerprint density at radius 2 is 2.25 bits per heavy atom. The van der Waals surface area contributed by atoms with Crippen LogP contribution >= 0.6 is 0 Å². The van der Waals surface area contributed by atoms with Crippen LogP contribution in [0, 0.1) is 6.92 Å². The van der Waals surface area contributed by atoms with Crippen molar-refractivity contribution in [1.82, 2.24) is 13.9 Å². The summed E-state index contributed by atoms with van der Waals surface area (Å²) in [6.07, 6.45) is 2.25. The summed E-state index contributed by atoms with van der Waals surface area (Å²) in [4.78, 5) is 4.04. The first-order valence-corrected chi connectivity index (χ1v) is 6.61. The third kappa shape index (κ3) is 1.85. The van der Waals surface area contributed by atoms with E-state index in [0.717, 1.165) is 0 Å². The second-order valence-corrected chi connectivity index (χ2v) is 6.03. The molecule has 2 rings (SSSR count). The minimum atomic E-state index is -3.45. The number of hydrogen-bond acceptors (Lipinski definition) is 4. The number of sulfonamides is 1. The van der Waals surface area contributed by atoms with Crippen molar-refractivity contribution < 1.29 is 8.42 Å². The zero-order valence-corrected chi connectivity index (χ0v) is 10.2. The van der Waals surface area contributed by atoms with E-state index >= 15 is 0 Å². The Bertz CT molecular complexity index is 474. The summed E-state index contributed by atoms with van der Waals surface area (Å²) in [5, 5.41) is 0.113. The van der Waals surface area contributed by atoms with Gasteiger partial charge >= 0.3 is 0 Å². The van der Waals surface area contributed by atoms with E-state index in [1.54, 1.807) is 18.5 Å². The number of imidazole rings is 1. The van der Waals surface area contributed by atoms with Gasteiger partial charge < -0.3 is 10.3 Å². The molecule has 2 N–H and O–H groups in total. The van der Waals surface area contributed by atoms with Gasteiger partial charge in [-0.3, -0.25) is 0 Å². The van der Waals surface area contributed by atoms with Crippen molar-refractivity contribution in [2.45, 2.75) is 24.4 Å². The molecule has 1 aromatic rings. The molecule has 90 valence electrons. The highest BCUT2D eigenvalue weighted by Gasteiger charge is 2.32. The van der Waals surface area contributed by atoms with Crippen LogP contribution in [0.3, 0.4) is 0 Å². The number of rotatable bonds is 2. The third-order valence-electron chi connectivity index (χ3n) is 2.88. The minimum Gasteiger partial charge on any atom is -0.337 e. The van der Waals surface area contributed by atoms with Gasteiger partial charge in [-0.15, -0.1) is 0 Å². The van der Waals surface area contributed by atoms with Gasteiger partial charge in [-0.2, -0.15) is 4.31 Å². The van der Waals surface area contributed by atoms with Crippen molar-refractivity contribution in [3.05, 3.63) is 12.0 Å². The second kappa shape index (κ2) is 3.83. The summed E-state index contributed by atoms with van der Waals surface area (Å²) in [5.74, 6) is 0.682. The van der Waals surface area contributed by atoms with E-state index < -0.39 is 10.0 Å². The average molecular weight is 244 g/mol. The van der Waals surface area contributed by atoms with Gasteiger partial charge in [-0.05, 0) is 13.3 Å². The lowest BCUT2D eigenvalue weighted by Crippen LogP contribution is -2.32. The average Bonchev–Trinajstić information content (AvgIpc) is 2.75. The van der Waals surface area contributed by atoms with Gasteiger partial charge in [0.15, 0.2) is 5.03 Å². The van der Waals surface area contributed by atoms with Crippen LogP contribution in [0.4, 0.5) is 0 Å². The SMILES string of the molecule is Cc1nc(S(=O)(=O)N2CC[C@@H](N)C2)cn1C. The second-order valence-electron chi connectivity index (χ2n) is 4.15. The van der Waals surface area contributed by atoms with Gasteiger partial charge in [0, 0.05) is 32.4 Å². The van der Waals surface area contributed by atoms with Crippen molar-refractivity contribution in [3.63, 3.8) is 0 Å². The standard InChI is InChI=1S/C9H16N4O2S/c1-7-11-9(6-12(7)2)16(14,15)13-4-3-8(10)5-13/h6,8H,3-5,10H2,1-2H3/t8-/m1/s1. The fourth-order valence-corrected chi connectivity index (χ4v) is 3.29. The number of nitrogens with zero attached hydrogens (tertiary/aromatic N) is 3. The van der Waals surface area contributed by atoms with Crippen LogP contribution in [0.15, 0.2) is 11.2 Å². The molecule has 2 heterocycles. The molecule has 16 heavy (non-hydrogen) atoms. The Morgan fingerprint density at radius 3 is 2.69 bits per heavy atom. The van der Waals surface area contributed by atoms with Gasteiger partial charge in [0.25, 0.3) is 10.0 Å². The largest absolute Gasteiger partial charge is 0.337 e. The smallest absolute Gasteiger partial charge is 0.262 e. The highest BCUT2D eigenvalue weighted by molar-refractivity contribution is 7.89. The van der Waals surface area contributed by atoms with Crippen molar-refractivity contribution in [3.8, 4) is 0 Å². The molecule has 7 heteroatoms.